The van der Waals surface area contributed by atoms with Crippen LogP contribution in [0.2, 0.25) is 0 Å². The van der Waals surface area contributed by atoms with Gasteiger partial charge >= 0.3 is 19.7 Å². The Balaban J connectivity index is 1.61. The number of carbonyl (C=O) groups excluding carboxylic acids is 2. The zero-order valence-electron chi connectivity index (χ0n) is 26.6. The fourth-order valence-electron chi connectivity index (χ4n) is 4.59. The van der Waals surface area contributed by atoms with Crippen LogP contribution in [0.15, 0.2) is 47.0 Å². The van der Waals surface area contributed by atoms with Crippen LogP contribution < -0.4 is 26.6 Å². The largest absolute Gasteiger partial charge is 0.463 e. The van der Waals surface area contributed by atoms with Crippen LogP contribution in [0.5, 0.6) is 5.75 Å². The van der Waals surface area contributed by atoms with Gasteiger partial charge in [0.2, 0.25) is 5.95 Å². The van der Waals surface area contributed by atoms with Crippen molar-refractivity contribution in [3.8, 4) is 5.75 Å². The van der Waals surface area contributed by atoms with E-state index in [0.717, 1.165) is 6.42 Å². The molecular weight excluding hydrogens is 617 g/mol. The number of benzene rings is 1. The molecule has 0 saturated heterocycles. The molecule has 2 aromatic heterocycles. The Bertz CT molecular complexity index is 1670. The molecule has 15 nitrogen and oxygen atoms in total. The molecule has 0 amide bonds. The van der Waals surface area contributed by atoms with E-state index < -0.39 is 42.7 Å². The van der Waals surface area contributed by atoms with Crippen molar-refractivity contribution >= 4 is 43.0 Å². The van der Waals surface area contributed by atoms with Crippen molar-refractivity contribution in [1.82, 2.24) is 24.6 Å². The second kappa shape index (κ2) is 14.6. The standard InChI is InChI=1S/C30H42N7O8P/c1-6-10-19(4)44-27(39)20(5)36-46(41,45-22-11-8-7-9-12-22)43-16-30(15-42-28(40)23(31)18(2)3)13-21(30)14-37-17-33-24-25(37)34-29(32)35-26(24)38/h7-9,11-12,14,17-20,23H,6,10,13,15-16,31H2,1-5H3,(H,36,41)(H3,32,34,35,38)/b21-14-/t19-,20-,23-,30-,46?/m0/s1. The lowest BCUT2D eigenvalue weighted by molar-refractivity contribution is -0.150. The van der Waals surface area contributed by atoms with E-state index in [0.29, 0.717) is 18.4 Å². The normalized spacial score (nSPS) is 20.2. The number of hydrogen-bond acceptors (Lipinski definition) is 12. The van der Waals surface area contributed by atoms with Crippen molar-refractivity contribution in [2.75, 3.05) is 18.9 Å². The molecule has 2 heterocycles. The Morgan fingerprint density at radius 2 is 1.89 bits per heavy atom. The third-order valence-corrected chi connectivity index (χ3v) is 9.13. The highest BCUT2D eigenvalue weighted by atomic mass is 31.2. The van der Waals surface area contributed by atoms with Gasteiger partial charge in [0.1, 0.15) is 30.8 Å². The lowest BCUT2D eigenvalue weighted by atomic mass is 10.1. The van der Waals surface area contributed by atoms with Gasteiger partial charge in [-0.1, -0.05) is 45.4 Å². The Morgan fingerprint density at radius 3 is 2.57 bits per heavy atom. The topological polar surface area (TPSA) is 216 Å². The van der Waals surface area contributed by atoms with Crippen LogP contribution in [0.1, 0.15) is 53.9 Å². The molecule has 1 aliphatic carbocycles. The van der Waals surface area contributed by atoms with Crippen molar-refractivity contribution in [3.63, 3.8) is 0 Å². The molecule has 46 heavy (non-hydrogen) atoms. The fraction of sp³-hybridized carbons (Fsp3) is 0.500. The van der Waals surface area contributed by atoms with Gasteiger partial charge in [0, 0.05) is 6.20 Å². The quantitative estimate of drug-likeness (QED) is 0.128. The average Bonchev–Trinajstić information content (AvgIpc) is 3.53. The monoisotopic (exact) mass is 659 g/mol. The zero-order valence-corrected chi connectivity index (χ0v) is 27.5. The Hall–Kier alpha value is -4.04. The first kappa shape index (κ1) is 34.8. The molecule has 5 atom stereocenters. The summed E-state index contributed by atoms with van der Waals surface area (Å²) >= 11 is 0. The zero-order chi connectivity index (χ0) is 33.6. The van der Waals surface area contributed by atoms with E-state index in [-0.39, 0.29) is 48.1 Å². The highest BCUT2D eigenvalue weighted by Crippen LogP contribution is 2.56. The van der Waals surface area contributed by atoms with E-state index in [9.17, 15) is 18.9 Å². The minimum absolute atomic E-state index is 0.0820. The lowest BCUT2D eigenvalue weighted by Gasteiger charge is -2.26. The number of anilines is 1. The van der Waals surface area contributed by atoms with E-state index in [2.05, 4.69) is 20.0 Å². The number of esters is 2. The molecular formula is C30H42N7O8P. The highest BCUT2D eigenvalue weighted by molar-refractivity contribution is 7.52. The Labute approximate surface area is 266 Å². The molecule has 1 unspecified atom stereocenters. The first-order chi connectivity index (χ1) is 21.8. The number of nitrogen functional groups attached to an aromatic ring is 1. The summed E-state index contributed by atoms with van der Waals surface area (Å²) in [5.41, 5.74) is 11.3. The van der Waals surface area contributed by atoms with Crippen LogP contribution in [0.3, 0.4) is 0 Å². The maximum Gasteiger partial charge on any atom is 0.459 e. The van der Waals surface area contributed by atoms with Gasteiger partial charge in [-0.05, 0) is 50.3 Å². The highest BCUT2D eigenvalue weighted by Gasteiger charge is 2.52. The third kappa shape index (κ3) is 8.60. The molecule has 250 valence electrons. The summed E-state index contributed by atoms with van der Waals surface area (Å²) < 4.78 is 38.6. The number of nitrogens with two attached hydrogens (primary N) is 2. The number of nitrogens with zero attached hydrogens (tertiary/aromatic N) is 3. The third-order valence-electron chi connectivity index (χ3n) is 7.51. The number of nitrogens with one attached hydrogen (secondary N) is 2. The molecule has 1 aromatic carbocycles. The molecule has 1 saturated carbocycles. The van der Waals surface area contributed by atoms with Gasteiger partial charge in [0.05, 0.1) is 18.1 Å². The molecule has 6 N–H and O–H groups in total. The second-order valence-electron chi connectivity index (χ2n) is 11.8. The predicted molar refractivity (Wildman–Crippen MR) is 171 cm³/mol. The average molecular weight is 660 g/mol. The number of carbonyl (C=O) groups is 2. The van der Waals surface area contributed by atoms with Gasteiger partial charge in [0.15, 0.2) is 11.2 Å². The summed E-state index contributed by atoms with van der Waals surface area (Å²) in [6.07, 6.45) is 4.60. The van der Waals surface area contributed by atoms with Crippen LogP contribution in [0.25, 0.3) is 17.4 Å². The summed E-state index contributed by atoms with van der Waals surface area (Å²) in [7, 11) is -4.23. The van der Waals surface area contributed by atoms with Crippen LogP contribution in [0, 0.1) is 11.3 Å². The first-order valence-electron chi connectivity index (χ1n) is 15.1. The van der Waals surface area contributed by atoms with Crippen molar-refractivity contribution in [2.45, 2.75) is 72.1 Å². The van der Waals surface area contributed by atoms with E-state index in [1.165, 1.54) is 17.8 Å². The van der Waals surface area contributed by atoms with Crippen LogP contribution >= 0.6 is 7.75 Å². The second-order valence-corrected chi connectivity index (χ2v) is 13.5. The number of fused-ring (bicyclic) bond motifs is 1. The maximum atomic E-state index is 14.2. The van der Waals surface area contributed by atoms with Crippen LogP contribution in [0.4, 0.5) is 5.95 Å². The van der Waals surface area contributed by atoms with E-state index in [1.54, 1.807) is 57.3 Å². The Morgan fingerprint density at radius 1 is 1.17 bits per heavy atom. The number of hydrogen-bond donors (Lipinski definition) is 4. The maximum absolute atomic E-state index is 14.2. The van der Waals surface area contributed by atoms with Crippen molar-refractivity contribution in [1.29, 1.82) is 0 Å². The van der Waals surface area contributed by atoms with Gasteiger partial charge in [-0.15, -0.1) is 0 Å². The molecule has 0 bridgehead atoms. The molecule has 16 heteroatoms. The summed E-state index contributed by atoms with van der Waals surface area (Å²) in [6.45, 7) is 8.47. The van der Waals surface area contributed by atoms with Crippen molar-refractivity contribution in [3.05, 3.63) is 52.6 Å². The molecule has 0 radical (unpaired) electrons. The molecule has 0 aliphatic heterocycles. The summed E-state index contributed by atoms with van der Waals surface area (Å²) in [6, 6.07) is 6.47. The minimum Gasteiger partial charge on any atom is -0.463 e. The summed E-state index contributed by atoms with van der Waals surface area (Å²) in [5, 5.41) is 2.70. The summed E-state index contributed by atoms with van der Waals surface area (Å²) in [5.74, 6) is -1.22. The number of rotatable bonds is 16. The van der Waals surface area contributed by atoms with Gasteiger partial charge in [-0.3, -0.25) is 28.5 Å². The SMILES string of the molecule is CCC[C@H](C)OC(=O)[C@H](C)NP(=O)(OC[C@@]1(COC(=O)[C@@H](N)C(C)C)C/C1=C/n1cnc2c(=O)[nH]c(N)nc21)Oc1ccccc1. The molecule has 1 fully saturated rings. The van der Waals surface area contributed by atoms with Gasteiger partial charge in [-0.2, -0.15) is 10.1 Å². The van der Waals surface area contributed by atoms with E-state index in [4.69, 9.17) is 30.0 Å². The number of aromatic nitrogens is 4. The minimum atomic E-state index is -4.23. The number of imidazole rings is 1. The van der Waals surface area contributed by atoms with E-state index >= 15 is 0 Å². The van der Waals surface area contributed by atoms with Crippen molar-refractivity contribution < 1.29 is 32.7 Å². The van der Waals surface area contributed by atoms with Crippen molar-refractivity contribution in [2.24, 2.45) is 17.1 Å². The lowest BCUT2D eigenvalue weighted by Crippen LogP contribution is -2.39. The van der Waals surface area contributed by atoms with Gasteiger partial charge in [-0.25, -0.2) is 9.55 Å². The first-order valence-corrected chi connectivity index (χ1v) is 16.6. The molecule has 0 spiro atoms. The van der Waals surface area contributed by atoms with Crippen LogP contribution in [-0.4, -0.2) is 62.9 Å². The summed E-state index contributed by atoms with van der Waals surface area (Å²) in [4.78, 5) is 48.5. The van der Waals surface area contributed by atoms with Crippen LogP contribution in [-0.2, 0) is 28.2 Å². The molecule has 3 aromatic rings. The van der Waals surface area contributed by atoms with Gasteiger partial charge in [0.25, 0.3) is 5.56 Å². The number of aromatic amines is 1. The molecule has 4 rings (SSSR count). The van der Waals surface area contributed by atoms with Gasteiger partial charge < -0.3 is 25.5 Å². The number of H-pyrrole nitrogens is 1. The van der Waals surface area contributed by atoms with E-state index in [1.807, 2.05) is 6.92 Å². The Kier molecular flexibility index (Phi) is 11.0. The smallest absolute Gasteiger partial charge is 0.459 e. The number of ether oxygens (including phenoxy) is 2. The predicted octanol–water partition coefficient (Wildman–Crippen LogP) is 3.37. The number of para-hydroxylation sites is 1. The fourth-order valence-corrected chi connectivity index (χ4v) is 6.17. The molecule has 1 aliphatic rings.